The van der Waals surface area contributed by atoms with Crippen LogP contribution in [0.15, 0.2) is 72.8 Å². The lowest BCUT2D eigenvalue weighted by Gasteiger charge is -2.16. The Labute approximate surface area is 211 Å². The van der Waals surface area contributed by atoms with E-state index in [1.54, 1.807) is 30.3 Å². The number of rotatable bonds is 6. The minimum atomic E-state index is -4.56. The van der Waals surface area contributed by atoms with Crippen LogP contribution in [0, 0.1) is 19.7 Å². The summed E-state index contributed by atoms with van der Waals surface area (Å²) in [5.41, 5.74) is 4.52. The van der Waals surface area contributed by atoms with Crippen molar-refractivity contribution in [1.82, 2.24) is 0 Å². The molecular weight excluding hydrogens is 480 g/mol. The van der Waals surface area contributed by atoms with Gasteiger partial charge in [-0.15, -0.1) is 0 Å². The SMILES string of the molecule is Cc1c(/C=C/c2cc(C=O)ccc2C(F)(F)F)cccc1-c1cccc(-c2cc(C=O)ccc2F)c1C. The highest BCUT2D eigenvalue weighted by Crippen LogP contribution is 2.37. The first-order valence-corrected chi connectivity index (χ1v) is 11.4. The number of hydrogen-bond donors (Lipinski definition) is 0. The Balaban J connectivity index is 1.79. The lowest BCUT2D eigenvalue weighted by atomic mass is 9.89. The van der Waals surface area contributed by atoms with Crippen molar-refractivity contribution in [2.75, 3.05) is 0 Å². The first kappa shape index (κ1) is 25.8. The van der Waals surface area contributed by atoms with E-state index in [9.17, 15) is 27.2 Å². The molecule has 0 atom stereocenters. The van der Waals surface area contributed by atoms with Crippen molar-refractivity contribution in [1.29, 1.82) is 0 Å². The first-order chi connectivity index (χ1) is 17.6. The fraction of sp³-hybridized carbons (Fsp3) is 0.0968. The Bertz CT molecular complexity index is 1530. The number of benzene rings is 4. The summed E-state index contributed by atoms with van der Waals surface area (Å²) in [6, 6.07) is 18.4. The average Bonchev–Trinajstić information content (AvgIpc) is 2.88. The van der Waals surface area contributed by atoms with Gasteiger partial charge in [0, 0.05) is 16.7 Å². The molecule has 0 spiro atoms. The van der Waals surface area contributed by atoms with Crippen LogP contribution in [0.3, 0.4) is 0 Å². The van der Waals surface area contributed by atoms with E-state index in [1.165, 1.54) is 30.3 Å². The predicted molar refractivity (Wildman–Crippen MR) is 138 cm³/mol. The van der Waals surface area contributed by atoms with Crippen molar-refractivity contribution < 1.29 is 27.2 Å². The minimum Gasteiger partial charge on any atom is -0.298 e. The lowest BCUT2D eigenvalue weighted by molar-refractivity contribution is -0.137. The van der Waals surface area contributed by atoms with Crippen LogP contribution in [0.25, 0.3) is 34.4 Å². The summed E-state index contributed by atoms with van der Waals surface area (Å²) in [4.78, 5) is 22.3. The molecule has 2 nitrogen and oxygen atoms in total. The van der Waals surface area contributed by atoms with Crippen molar-refractivity contribution in [3.63, 3.8) is 0 Å². The average molecular weight is 503 g/mol. The van der Waals surface area contributed by atoms with Crippen LogP contribution in [-0.2, 0) is 6.18 Å². The van der Waals surface area contributed by atoms with Crippen LogP contribution in [0.1, 0.15) is 48.5 Å². The van der Waals surface area contributed by atoms with Crippen molar-refractivity contribution in [2.24, 2.45) is 0 Å². The molecule has 186 valence electrons. The molecule has 0 saturated heterocycles. The summed E-state index contributed by atoms with van der Waals surface area (Å²) in [7, 11) is 0. The van der Waals surface area contributed by atoms with Gasteiger partial charge in [-0.25, -0.2) is 4.39 Å². The van der Waals surface area contributed by atoms with Crippen molar-refractivity contribution >= 4 is 24.7 Å². The summed E-state index contributed by atoms with van der Waals surface area (Å²) in [5.74, 6) is -0.447. The van der Waals surface area contributed by atoms with E-state index in [0.29, 0.717) is 34.8 Å². The summed E-state index contributed by atoms with van der Waals surface area (Å²) < 4.78 is 55.2. The van der Waals surface area contributed by atoms with Gasteiger partial charge < -0.3 is 0 Å². The predicted octanol–water partition coefficient (Wildman–Crippen LogP) is 8.59. The molecule has 0 N–H and O–H groups in total. The highest BCUT2D eigenvalue weighted by atomic mass is 19.4. The second-order valence-electron chi connectivity index (χ2n) is 8.65. The maximum absolute atomic E-state index is 14.7. The summed E-state index contributed by atoms with van der Waals surface area (Å²) in [6.07, 6.45) is -0.453. The van der Waals surface area contributed by atoms with Crippen LogP contribution < -0.4 is 0 Å². The molecule has 6 heteroatoms. The van der Waals surface area contributed by atoms with Gasteiger partial charge in [0.1, 0.15) is 18.4 Å². The van der Waals surface area contributed by atoms with E-state index in [-0.39, 0.29) is 11.1 Å². The zero-order valence-electron chi connectivity index (χ0n) is 20.1. The fourth-order valence-corrected chi connectivity index (χ4v) is 4.40. The second-order valence-corrected chi connectivity index (χ2v) is 8.65. The zero-order chi connectivity index (χ0) is 26.7. The lowest BCUT2D eigenvalue weighted by Crippen LogP contribution is -2.07. The molecule has 0 radical (unpaired) electrons. The molecular formula is C31H22F4O2. The van der Waals surface area contributed by atoms with E-state index in [2.05, 4.69) is 0 Å². The first-order valence-electron chi connectivity index (χ1n) is 11.4. The van der Waals surface area contributed by atoms with Gasteiger partial charge in [0.05, 0.1) is 5.56 Å². The van der Waals surface area contributed by atoms with Gasteiger partial charge in [0.25, 0.3) is 0 Å². The number of hydrogen-bond acceptors (Lipinski definition) is 2. The van der Waals surface area contributed by atoms with Gasteiger partial charge >= 0.3 is 6.18 Å². The zero-order valence-corrected chi connectivity index (χ0v) is 20.1. The summed E-state index contributed by atoms with van der Waals surface area (Å²) >= 11 is 0. The Morgan fingerprint density at radius 3 is 1.81 bits per heavy atom. The molecule has 0 fully saturated rings. The van der Waals surface area contributed by atoms with Gasteiger partial charge in [0.15, 0.2) is 0 Å². The maximum atomic E-state index is 14.7. The van der Waals surface area contributed by atoms with E-state index in [1.807, 2.05) is 26.0 Å². The molecule has 4 aromatic rings. The summed E-state index contributed by atoms with van der Waals surface area (Å²) in [5, 5.41) is 0. The standard InChI is InChI=1S/C31H22F4O2/c1-19-23(11-12-24-15-21(17-36)9-13-29(24)31(33,34)35)5-3-6-25(19)26-7-4-8-27(20(26)2)28-16-22(18-37)10-14-30(28)32/h3-18H,1-2H3/b12-11+. The van der Waals surface area contributed by atoms with Gasteiger partial charge in [-0.2, -0.15) is 13.2 Å². The Morgan fingerprint density at radius 1 is 0.622 bits per heavy atom. The van der Waals surface area contributed by atoms with Crippen LogP contribution in [0.2, 0.25) is 0 Å². The monoisotopic (exact) mass is 502 g/mol. The van der Waals surface area contributed by atoms with Crippen LogP contribution in [0.5, 0.6) is 0 Å². The molecule has 4 aromatic carbocycles. The van der Waals surface area contributed by atoms with Gasteiger partial charge in [-0.05, 0) is 83.1 Å². The molecule has 0 heterocycles. The molecule has 0 saturated carbocycles. The third-order valence-electron chi connectivity index (χ3n) is 6.38. The number of carbonyl (C=O) groups excluding carboxylic acids is 2. The Kier molecular flexibility index (Phi) is 7.21. The maximum Gasteiger partial charge on any atom is 0.416 e. The Morgan fingerprint density at radius 2 is 1.16 bits per heavy atom. The van der Waals surface area contributed by atoms with Gasteiger partial charge in [-0.1, -0.05) is 54.6 Å². The molecule has 37 heavy (non-hydrogen) atoms. The van der Waals surface area contributed by atoms with Gasteiger partial charge in [0.2, 0.25) is 0 Å². The van der Waals surface area contributed by atoms with E-state index < -0.39 is 17.6 Å². The van der Waals surface area contributed by atoms with E-state index >= 15 is 0 Å². The molecule has 0 aliphatic carbocycles. The molecule has 0 aromatic heterocycles. The smallest absolute Gasteiger partial charge is 0.298 e. The Hall–Kier alpha value is -4.32. The molecule has 0 aliphatic heterocycles. The molecule has 0 bridgehead atoms. The van der Waals surface area contributed by atoms with Crippen LogP contribution in [-0.4, -0.2) is 12.6 Å². The molecule has 4 rings (SSSR count). The molecule has 0 amide bonds. The third-order valence-corrected chi connectivity index (χ3v) is 6.38. The van der Waals surface area contributed by atoms with Crippen LogP contribution >= 0.6 is 0 Å². The number of carbonyl (C=O) groups is 2. The molecule has 0 unspecified atom stereocenters. The van der Waals surface area contributed by atoms with Crippen molar-refractivity contribution in [2.45, 2.75) is 20.0 Å². The number of halogens is 4. The van der Waals surface area contributed by atoms with Crippen molar-refractivity contribution in [3.05, 3.63) is 118 Å². The topological polar surface area (TPSA) is 34.1 Å². The van der Waals surface area contributed by atoms with Gasteiger partial charge in [-0.3, -0.25) is 9.59 Å². The summed E-state index contributed by atoms with van der Waals surface area (Å²) in [6.45, 7) is 3.72. The quantitative estimate of drug-likeness (QED) is 0.150. The van der Waals surface area contributed by atoms with Crippen molar-refractivity contribution in [3.8, 4) is 22.3 Å². The largest absolute Gasteiger partial charge is 0.416 e. The highest BCUT2D eigenvalue weighted by molar-refractivity contribution is 5.85. The highest BCUT2D eigenvalue weighted by Gasteiger charge is 2.32. The second kappa shape index (κ2) is 10.3. The molecule has 0 aliphatic rings. The van der Waals surface area contributed by atoms with E-state index in [4.69, 9.17) is 0 Å². The third kappa shape index (κ3) is 5.28. The number of alkyl halides is 3. The van der Waals surface area contributed by atoms with Crippen LogP contribution in [0.4, 0.5) is 17.6 Å². The minimum absolute atomic E-state index is 0.106. The fourth-order valence-electron chi connectivity index (χ4n) is 4.40. The van der Waals surface area contributed by atoms with E-state index in [0.717, 1.165) is 34.4 Å². The number of aldehydes is 2. The normalized spacial score (nSPS) is 11.6.